The van der Waals surface area contributed by atoms with E-state index >= 15 is 0 Å². The molecule has 1 heterocycles. The van der Waals surface area contributed by atoms with Gasteiger partial charge in [-0.1, -0.05) is 20.8 Å². The van der Waals surface area contributed by atoms with Crippen LogP contribution < -0.4 is 0 Å². The van der Waals surface area contributed by atoms with Crippen molar-refractivity contribution >= 4 is 11.8 Å². The van der Waals surface area contributed by atoms with Gasteiger partial charge in [0.1, 0.15) is 0 Å². The molecule has 1 fully saturated rings. The number of nitrogens with zero attached hydrogens (tertiary/aromatic N) is 2. The minimum atomic E-state index is -0.361. The molecule has 0 aromatic heterocycles. The fraction of sp³-hybridized carbons (Fsp3) is 0.867. The number of piperidine rings is 1. The molecule has 1 unspecified atom stereocenters. The first-order chi connectivity index (χ1) is 8.81. The third-order valence-corrected chi connectivity index (χ3v) is 3.77. The lowest BCUT2D eigenvalue weighted by Gasteiger charge is -2.37. The van der Waals surface area contributed by atoms with Gasteiger partial charge < -0.3 is 9.80 Å². The summed E-state index contributed by atoms with van der Waals surface area (Å²) in [6.07, 6.45) is 1.84. The van der Waals surface area contributed by atoms with Gasteiger partial charge in [0.15, 0.2) is 0 Å². The fourth-order valence-electron chi connectivity index (χ4n) is 2.63. The summed E-state index contributed by atoms with van der Waals surface area (Å²) < 4.78 is 0. The Bertz CT molecular complexity index is 330. The van der Waals surface area contributed by atoms with Gasteiger partial charge in [0.25, 0.3) is 0 Å². The Morgan fingerprint density at radius 1 is 1.21 bits per heavy atom. The molecule has 0 bridgehead atoms. The highest BCUT2D eigenvalue weighted by atomic mass is 16.2. The zero-order valence-corrected chi connectivity index (χ0v) is 13.0. The minimum absolute atomic E-state index is 0.0139. The molecule has 1 aliphatic rings. The normalized spacial score (nSPS) is 20.3. The van der Waals surface area contributed by atoms with Crippen LogP contribution in [0.5, 0.6) is 0 Å². The molecule has 0 saturated carbocycles. The molecule has 2 amide bonds. The molecule has 4 heteroatoms. The van der Waals surface area contributed by atoms with Crippen LogP contribution in [-0.4, -0.2) is 47.8 Å². The second kappa shape index (κ2) is 6.40. The highest BCUT2D eigenvalue weighted by Crippen LogP contribution is 2.24. The molecule has 0 aromatic carbocycles. The van der Waals surface area contributed by atoms with E-state index in [0.717, 1.165) is 32.5 Å². The first-order valence-corrected chi connectivity index (χ1v) is 7.39. The molecule has 1 aliphatic heterocycles. The number of carbonyl (C=O) groups is 2. The average Bonchev–Trinajstić information content (AvgIpc) is 2.38. The Morgan fingerprint density at radius 3 is 2.26 bits per heavy atom. The van der Waals surface area contributed by atoms with E-state index in [4.69, 9.17) is 0 Å². The number of hydrogen-bond donors (Lipinski definition) is 0. The first-order valence-electron chi connectivity index (χ1n) is 7.39. The van der Waals surface area contributed by atoms with E-state index in [0.29, 0.717) is 6.54 Å². The van der Waals surface area contributed by atoms with Crippen LogP contribution in [0.1, 0.15) is 47.5 Å². The van der Waals surface area contributed by atoms with Crippen LogP contribution in [0.3, 0.4) is 0 Å². The maximum atomic E-state index is 12.4. The third kappa shape index (κ3) is 3.95. The van der Waals surface area contributed by atoms with Crippen molar-refractivity contribution < 1.29 is 9.59 Å². The van der Waals surface area contributed by atoms with Gasteiger partial charge in [0.2, 0.25) is 11.8 Å². The zero-order valence-electron chi connectivity index (χ0n) is 13.0. The summed E-state index contributed by atoms with van der Waals surface area (Å²) in [4.78, 5) is 28.4. The number of carbonyl (C=O) groups excluding carboxylic acids is 2. The summed E-state index contributed by atoms with van der Waals surface area (Å²) in [7, 11) is 0. The van der Waals surface area contributed by atoms with Gasteiger partial charge in [-0.15, -0.1) is 0 Å². The lowest BCUT2D eigenvalue weighted by Crippen LogP contribution is -2.49. The van der Waals surface area contributed by atoms with Crippen LogP contribution in [0, 0.1) is 11.3 Å². The molecular weight excluding hydrogens is 240 g/mol. The van der Waals surface area contributed by atoms with Crippen LogP contribution in [0.4, 0.5) is 0 Å². The van der Waals surface area contributed by atoms with Gasteiger partial charge in [0, 0.05) is 31.6 Å². The van der Waals surface area contributed by atoms with Crippen molar-refractivity contribution in [3.8, 4) is 0 Å². The summed E-state index contributed by atoms with van der Waals surface area (Å²) in [5.41, 5.74) is -0.361. The number of likely N-dealkylation sites (tertiary alicyclic amines) is 1. The van der Waals surface area contributed by atoms with E-state index in [2.05, 4.69) is 0 Å². The Kier molecular flexibility index (Phi) is 5.39. The van der Waals surface area contributed by atoms with E-state index in [-0.39, 0.29) is 23.1 Å². The van der Waals surface area contributed by atoms with Gasteiger partial charge in [-0.25, -0.2) is 0 Å². The van der Waals surface area contributed by atoms with Crippen molar-refractivity contribution in [3.05, 3.63) is 0 Å². The predicted molar refractivity (Wildman–Crippen MR) is 76.7 cm³/mol. The molecule has 19 heavy (non-hydrogen) atoms. The topological polar surface area (TPSA) is 40.6 Å². The Labute approximate surface area is 117 Å². The van der Waals surface area contributed by atoms with Crippen molar-refractivity contribution in [1.82, 2.24) is 9.80 Å². The molecule has 0 N–H and O–H groups in total. The number of amides is 2. The highest BCUT2D eigenvalue weighted by Gasteiger charge is 2.34. The Balaban J connectivity index is 2.69. The van der Waals surface area contributed by atoms with Crippen LogP contribution >= 0.6 is 0 Å². The summed E-state index contributed by atoms with van der Waals surface area (Å²) in [5.74, 6) is 0.348. The maximum absolute atomic E-state index is 12.4. The van der Waals surface area contributed by atoms with Gasteiger partial charge >= 0.3 is 0 Å². The summed E-state index contributed by atoms with van der Waals surface area (Å²) in [6.45, 7) is 12.7. The van der Waals surface area contributed by atoms with Crippen LogP contribution in [-0.2, 0) is 9.59 Å². The van der Waals surface area contributed by atoms with Gasteiger partial charge in [-0.3, -0.25) is 9.59 Å². The second-order valence-corrected chi connectivity index (χ2v) is 6.35. The van der Waals surface area contributed by atoms with Crippen LogP contribution in [0.2, 0.25) is 0 Å². The van der Waals surface area contributed by atoms with Crippen molar-refractivity contribution in [3.63, 3.8) is 0 Å². The Morgan fingerprint density at radius 2 is 1.79 bits per heavy atom. The lowest BCUT2D eigenvalue weighted by molar-refractivity contribution is -0.145. The van der Waals surface area contributed by atoms with Crippen molar-refractivity contribution in [2.24, 2.45) is 11.3 Å². The van der Waals surface area contributed by atoms with Crippen molar-refractivity contribution in [1.29, 1.82) is 0 Å². The zero-order chi connectivity index (χ0) is 14.6. The molecule has 0 aliphatic carbocycles. The van der Waals surface area contributed by atoms with E-state index in [9.17, 15) is 9.59 Å². The average molecular weight is 268 g/mol. The third-order valence-electron chi connectivity index (χ3n) is 3.77. The largest absolute Gasteiger partial charge is 0.343 e. The van der Waals surface area contributed by atoms with Crippen molar-refractivity contribution in [2.45, 2.75) is 47.5 Å². The smallest absolute Gasteiger partial charge is 0.227 e. The first kappa shape index (κ1) is 16.0. The molecule has 4 nitrogen and oxygen atoms in total. The van der Waals surface area contributed by atoms with Crippen LogP contribution in [0.25, 0.3) is 0 Å². The summed E-state index contributed by atoms with van der Waals surface area (Å²) in [5, 5.41) is 0. The van der Waals surface area contributed by atoms with Gasteiger partial charge in [0.05, 0.1) is 5.92 Å². The van der Waals surface area contributed by atoms with Gasteiger partial charge in [-0.2, -0.15) is 0 Å². The molecule has 0 spiro atoms. The van der Waals surface area contributed by atoms with E-state index in [1.807, 2.05) is 44.4 Å². The van der Waals surface area contributed by atoms with Gasteiger partial charge in [-0.05, 0) is 26.7 Å². The summed E-state index contributed by atoms with van der Waals surface area (Å²) in [6, 6.07) is 0. The van der Waals surface area contributed by atoms with E-state index < -0.39 is 0 Å². The highest BCUT2D eigenvalue weighted by molar-refractivity contribution is 5.84. The minimum Gasteiger partial charge on any atom is -0.343 e. The molecule has 1 saturated heterocycles. The monoisotopic (exact) mass is 268 g/mol. The standard InChI is InChI=1S/C15H28N2O2/c1-6-16(7-2)13(18)12-9-8-10-17(11-12)14(19)15(3,4)5/h12H,6-11H2,1-5H3. The molecule has 0 aromatic rings. The lowest BCUT2D eigenvalue weighted by atomic mass is 9.90. The molecule has 1 atom stereocenters. The fourth-order valence-corrected chi connectivity index (χ4v) is 2.63. The molecule has 1 rings (SSSR count). The summed E-state index contributed by atoms with van der Waals surface area (Å²) >= 11 is 0. The van der Waals surface area contributed by atoms with Crippen molar-refractivity contribution in [2.75, 3.05) is 26.2 Å². The predicted octanol–water partition coefficient (Wildman–Crippen LogP) is 2.14. The number of hydrogen-bond acceptors (Lipinski definition) is 2. The molecular formula is C15H28N2O2. The number of rotatable bonds is 3. The quantitative estimate of drug-likeness (QED) is 0.787. The van der Waals surface area contributed by atoms with E-state index in [1.54, 1.807) is 0 Å². The molecule has 0 radical (unpaired) electrons. The van der Waals surface area contributed by atoms with Crippen LogP contribution in [0.15, 0.2) is 0 Å². The van der Waals surface area contributed by atoms with E-state index in [1.165, 1.54) is 0 Å². The maximum Gasteiger partial charge on any atom is 0.227 e. The molecule has 110 valence electrons. The second-order valence-electron chi connectivity index (χ2n) is 6.35. The SMILES string of the molecule is CCN(CC)C(=O)C1CCCN(C(=O)C(C)(C)C)C1. The Hall–Kier alpha value is -1.06.